The summed E-state index contributed by atoms with van der Waals surface area (Å²) in [4.78, 5) is 2.47. The Hall–Kier alpha value is -0.510. The van der Waals surface area contributed by atoms with E-state index < -0.39 is 0 Å². The highest BCUT2D eigenvalue weighted by Crippen LogP contribution is 2.01. The van der Waals surface area contributed by atoms with E-state index in [-0.39, 0.29) is 0 Å². The van der Waals surface area contributed by atoms with Gasteiger partial charge in [0.15, 0.2) is 0 Å². The SMILES string of the molecule is Cc1cccc(C)c1.SCCCCN1CCOCC1. The van der Waals surface area contributed by atoms with Gasteiger partial charge in [0.1, 0.15) is 0 Å². The fraction of sp³-hybridized carbons (Fsp3) is 0.625. The van der Waals surface area contributed by atoms with Gasteiger partial charge in [0.2, 0.25) is 0 Å². The van der Waals surface area contributed by atoms with Crippen LogP contribution in [-0.2, 0) is 4.74 Å². The Morgan fingerprint density at radius 3 is 2.21 bits per heavy atom. The molecule has 1 saturated heterocycles. The number of rotatable bonds is 4. The normalized spacial score (nSPS) is 15.7. The first-order valence-electron chi connectivity index (χ1n) is 7.16. The zero-order valence-corrected chi connectivity index (χ0v) is 13.2. The highest BCUT2D eigenvalue weighted by Gasteiger charge is 2.08. The summed E-state index contributed by atoms with van der Waals surface area (Å²) in [6.45, 7) is 9.50. The number of nitrogens with zero attached hydrogens (tertiary/aromatic N) is 1. The van der Waals surface area contributed by atoms with Crippen LogP contribution in [0.4, 0.5) is 0 Å². The van der Waals surface area contributed by atoms with Gasteiger partial charge >= 0.3 is 0 Å². The number of hydrogen-bond acceptors (Lipinski definition) is 3. The molecule has 0 radical (unpaired) electrons. The lowest BCUT2D eigenvalue weighted by atomic mass is 10.2. The van der Waals surface area contributed by atoms with Crippen LogP contribution < -0.4 is 0 Å². The monoisotopic (exact) mass is 281 g/mol. The minimum Gasteiger partial charge on any atom is -0.379 e. The van der Waals surface area contributed by atoms with Gasteiger partial charge in [0.05, 0.1) is 13.2 Å². The van der Waals surface area contributed by atoms with Gasteiger partial charge < -0.3 is 4.74 Å². The smallest absolute Gasteiger partial charge is 0.0594 e. The Kier molecular flexibility index (Phi) is 8.97. The molecule has 1 aromatic carbocycles. The van der Waals surface area contributed by atoms with Gasteiger partial charge in [-0.25, -0.2) is 0 Å². The number of benzene rings is 1. The van der Waals surface area contributed by atoms with Gasteiger partial charge in [-0.3, -0.25) is 4.90 Å². The molecule has 0 amide bonds. The van der Waals surface area contributed by atoms with Gasteiger partial charge in [-0.2, -0.15) is 12.6 Å². The first-order chi connectivity index (χ1) is 9.22. The Morgan fingerprint density at radius 1 is 1.11 bits per heavy atom. The summed E-state index contributed by atoms with van der Waals surface area (Å²) < 4.78 is 5.25. The van der Waals surface area contributed by atoms with Crippen molar-refractivity contribution in [1.82, 2.24) is 4.90 Å². The third-order valence-corrected chi connectivity index (χ3v) is 3.48. The van der Waals surface area contributed by atoms with Gasteiger partial charge in [-0.1, -0.05) is 35.4 Å². The topological polar surface area (TPSA) is 12.5 Å². The molecule has 19 heavy (non-hydrogen) atoms. The summed E-state index contributed by atoms with van der Waals surface area (Å²) in [5, 5.41) is 0. The minimum absolute atomic E-state index is 0.918. The lowest BCUT2D eigenvalue weighted by Crippen LogP contribution is -2.36. The van der Waals surface area contributed by atoms with E-state index >= 15 is 0 Å². The molecule has 0 bridgehead atoms. The molecule has 0 spiro atoms. The van der Waals surface area contributed by atoms with Crippen LogP contribution >= 0.6 is 12.6 Å². The lowest BCUT2D eigenvalue weighted by Gasteiger charge is -2.26. The molecule has 0 N–H and O–H groups in total. The highest BCUT2D eigenvalue weighted by atomic mass is 32.1. The van der Waals surface area contributed by atoms with Crippen molar-refractivity contribution in [2.75, 3.05) is 38.6 Å². The van der Waals surface area contributed by atoms with Crippen LogP contribution in [0.2, 0.25) is 0 Å². The quantitative estimate of drug-likeness (QED) is 0.671. The number of thiol groups is 1. The Labute approximate surface area is 123 Å². The maximum absolute atomic E-state index is 5.25. The molecular weight excluding hydrogens is 254 g/mol. The molecular formula is C16H27NOS. The third kappa shape index (κ3) is 8.30. The second-order valence-electron chi connectivity index (χ2n) is 5.04. The Balaban J connectivity index is 0.000000200. The van der Waals surface area contributed by atoms with E-state index in [4.69, 9.17) is 4.74 Å². The zero-order chi connectivity index (χ0) is 13.9. The lowest BCUT2D eigenvalue weighted by molar-refractivity contribution is 0.0374. The van der Waals surface area contributed by atoms with E-state index in [1.807, 2.05) is 0 Å². The summed E-state index contributed by atoms with van der Waals surface area (Å²) in [5.41, 5.74) is 2.68. The van der Waals surface area contributed by atoms with Crippen LogP contribution in [0.25, 0.3) is 0 Å². The van der Waals surface area contributed by atoms with Crippen LogP contribution in [0.3, 0.4) is 0 Å². The molecule has 3 heteroatoms. The summed E-state index contributed by atoms with van der Waals surface area (Å²) in [7, 11) is 0. The van der Waals surface area contributed by atoms with Gasteiger partial charge in [-0.05, 0) is 39.0 Å². The van der Waals surface area contributed by atoms with E-state index in [2.05, 4.69) is 55.6 Å². The maximum atomic E-state index is 5.25. The molecule has 0 unspecified atom stereocenters. The molecule has 2 nitrogen and oxygen atoms in total. The number of aryl methyl sites for hydroxylation is 2. The predicted molar refractivity (Wildman–Crippen MR) is 86.3 cm³/mol. The van der Waals surface area contributed by atoms with Gasteiger partial charge in [-0.15, -0.1) is 0 Å². The van der Waals surface area contributed by atoms with E-state index in [0.717, 1.165) is 32.1 Å². The van der Waals surface area contributed by atoms with E-state index in [9.17, 15) is 0 Å². The Morgan fingerprint density at radius 2 is 1.74 bits per heavy atom. The van der Waals surface area contributed by atoms with Crippen molar-refractivity contribution in [3.63, 3.8) is 0 Å². The van der Waals surface area contributed by atoms with Crippen LogP contribution in [0.5, 0.6) is 0 Å². The number of ether oxygens (including phenoxy) is 1. The zero-order valence-electron chi connectivity index (χ0n) is 12.3. The van der Waals surface area contributed by atoms with E-state index in [0.29, 0.717) is 0 Å². The fourth-order valence-corrected chi connectivity index (χ4v) is 2.30. The number of hydrogen-bond donors (Lipinski definition) is 1. The molecule has 1 aliphatic rings. The number of unbranched alkanes of at least 4 members (excludes halogenated alkanes) is 1. The third-order valence-electron chi connectivity index (χ3n) is 3.16. The standard InChI is InChI=1S/C8H17NOS.C8H10/c11-8-2-1-3-9-4-6-10-7-5-9;1-7-4-3-5-8(2)6-7/h11H,1-8H2;3-6H,1-2H3. The molecule has 2 rings (SSSR count). The number of morpholine rings is 1. The van der Waals surface area contributed by atoms with Crippen molar-refractivity contribution >= 4 is 12.6 Å². The van der Waals surface area contributed by atoms with Crippen molar-refractivity contribution in [3.8, 4) is 0 Å². The fourth-order valence-electron chi connectivity index (χ4n) is 2.08. The molecule has 1 fully saturated rings. The van der Waals surface area contributed by atoms with Crippen LogP contribution in [-0.4, -0.2) is 43.5 Å². The first-order valence-corrected chi connectivity index (χ1v) is 7.80. The largest absolute Gasteiger partial charge is 0.379 e. The molecule has 1 aliphatic heterocycles. The first kappa shape index (κ1) is 16.5. The van der Waals surface area contributed by atoms with Gasteiger partial charge in [0.25, 0.3) is 0 Å². The molecule has 1 heterocycles. The Bertz CT molecular complexity index is 320. The van der Waals surface area contributed by atoms with Crippen molar-refractivity contribution in [1.29, 1.82) is 0 Å². The maximum Gasteiger partial charge on any atom is 0.0594 e. The van der Waals surface area contributed by atoms with Crippen LogP contribution in [0.15, 0.2) is 24.3 Å². The molecule has 0 aromatic heterocycles. The highest BCUT2D eigenvalue weighted by molar-refractivity contribution is 7.80. The molecule has 0 atom stereocenters. The van der Waals surface area contributed by atoms with Crippen molar-refractivity contribution in [3.05, 3.63) is 35.4 Å². The minimum atomic E-state index is 0.918. The van der Waals surface area contributed by atoms with Crippen molar-refractivity contribution < 1.29 is 4.74 Å². The van der Waals surface area contributed by atoms with Crippen molar-refractivity contribution in [2.24, 2.45) is 0 Å². The summed E-state index contributed by atoms with van der Waals surface area (Å²) in [6.07, 6.45) is 2.52. The van der Waals surface area contributed by atoms with Crippen LogP contribution in [0.1, 0.15) is 24.0 Å². The summed E-state index contributed by atoms with van der Waals surface area (Å²) in [6, 6.07) is 8.45. The summed E-state index contributed by atoms with van der Waals surface area (Å²) in [5.74, 6) is 1.02. The van der Waals surface area contributed by atoms with E-state index in [1.54, 1.807) is 0 Å². The molecule has 0 aliphatic carbocycles. The average molecular weight is 281 g/mol. The molecule has 0 saturated carbocycles. The van der Waals surface area contributed by atoms with Crippen LogP contribution in [0, 0.1) is 13.8 Å². The van der Waals surface area contributed by atoms with Crippen molar-refractivity contribution in [2.45, 2.75) is 26.7 Å². The molecule has 108 valence electrons. The molecule has 1 aromatic rings. The predicted octanol–water partition coefficient (Wildman–Crippen LogP) is 3.33. The average Bonchev–Trinajstić information content (AvgIpc) is 2.41. The second kappa shape index (κ2) is 10.3. The van der Waals surface area contributed by atoms with Gasteiger partial charge in [0, 0.05) is 13.1 Å². The second-order valence-corrected chi connectivity index (χ2v) is 5.49. The summed E-state index contributed by atoms with van der Waals surface area (Å²) >= 11 is 4.18. The van der Waals surface area contributed by atoms with E-state index in [1.165, 1.54) is 30.5 Å².